The molecule has 8 heteroatoms. The Hall–Kier alpha value is -5.16. The topological polar surface area (TPSA) is 95.7 Å². The maximum absolute atomic E-state index is 12.9. The van der Waals surface area contributed by atoms with E-state index >= 15 is 0 Å². The van der Waals surface area contributed by atoms with E-state index in [9.17, 15) is 9.59 Å². The van der Waals surface area contributed by atoms with Gasteiger partial charge in [-0.2, -0.15) is 0 Å². The fourth-order valence-electron chi connectivity index (χ4n) is 3.62. The van der Waals surface area contributed by atoms with Crippen LogP contribution in [0.5, 0.6) is 0 Å². The monoisotopic (exact) mass is 461 g/mol. The third-order valence-corrected chi connectivity index (χ3v) is 5.40. The molecule has 0 aliphatic rings. The van der Waals surface area contributed by atoms with E-state index in [0.29, 0.717) is 16.9 Å². The number of benzene rings is 3. The van der Waals surface area contributed by atoms with Gasteiger partial charge in [0.25, 0.3) is 18.1 Å². The lowest BCUT2D eigenvalue weighted by Gasteiger charge is -2.08. The standard InChI is InChI=1S/C27H20N6O2/c1-28-27(35)24-16-33(18-30-24)22-9-5-8-21(15-22)31-26(34)20-7-4-6-19(14-20)12-13-32-17-29-23-10-2-3-11-25(23)32/h2-11,14-18H,1H3,(H2,28,31,34,35)/p+1. The van der Waals surface area contributed by atoms with Crippen molar-refractivity contribution in [1.29, 1.82) is 0 Å². The Kier molecular flexibility index (Phi) is 5.80. The van der Waals surface area contributed by atoms with E-state index in [1.165, 1.54) is 0 Å². The van der Waals surface area contributed by atoms with E-state index in [1.54, 1.807) is 54.7 Å². The molecule has 170 valence electrons. The molecule has 0 spiro atoms. The largest absolute Gasteiger partial charge is 0.354 e. The Labute approximate surface area is 201 Å². The summed E-state index contributed by atoms with van der Waals surface area (Å²) in [5.41, 5.74) is 4.90. The Balaban J connectivity index is 1.33. The molecule has 0 fully saturated rings. The van der Waals surface area contributed by atoms with Gasteiger partial charge in [0.05, 0.1) is 0 Å². The summed E-state index contributed by atoms with van der Waals surface area (Å²) < 4.78 is 3.54. The van der Waals surface area contributed by atoms with Crippen LogP contribution in [0.25, 0.3) is 16.7 Å². The average Bonchev–Trinajstić information content (AvgIpc) is 3.55. The van der Waals surface area contributed by atoms with Crippen LogP contribution in [0.1, 0.15) is 26.4 Å². The molecular formula is C27H21N6O2+. The molecule has 2 heterocycles. The smallest absolute Gasteiger partial charge is 0.271 e. The van der Waals surface area contributed by atoms with Gasteiger partial charge in [-0.05, 0) is 54.5 Å². The molecule has 3 aromatic carbocycles. The van der Waals surface area contributed by atoms with E-state index in [2.05, 4.69) is 32.6 Å². The fraction of sp³-hybridized carbons (Fsp3) is 0.0370. The molecule has 0 atom stereocenters. The number of aromatic amines is 1. The number of nitrogens with zero attached hydrogens (tertiary/aromatic N) is 3. The predicted molar refractivity (Wildman–Crippen MR) is 132 cm³/mol. The Morgan fingerprint density at radius 2 is 1.86 bits per heavy atom. The zero-order valence-corrected chi connectivity index (χ0v) is 18.8. The SMILES string of the molecule is CNC(=O)c1cn(-c2cccc(NC(=O)c3cccc(C#C[n+]4c[nH]c5ccccc54)c3)c2)cn1. The first-order valence-electron chi connectivity index (χ1n) is 10.9. The summed E-state index contributed by atoms with van der Waals surface area (Å²) in [7, 11) is 1.55. The van der Waals surface area contributed by atoms with Crippen LogP contribution in [0.2, 0.25) is 0 Å². The summed E-state index contributed by atoms with van der Waals surface area (Å²) in [6, 6.07) is 25.5. The number of hydrogen-bond donors (Lipinski definition) is 3. The van der Waals surface area contributed by atoms with Gasteiger partial charge >= 0.3 is 0 Å². The zero-order chi connectivity index (χ0) is 24.2. The third-order valence-electron chi connectivity index (χ3n) is 5.40. The van der Waals surface area contributed by atoms with Crippen molar-refractivity contribution in [3.8, 4) is 17.7 Å². The molecule has 3 N–H and O–H groups in total. The van der Waals surface area contributed by atoms with Crippen molar-refractivity contribution in [3.63, 3.8) is 0 Å². The number of nitrogens with one attached hydrogen (secondary N) is 3. The maximum Gasteiger partial charge on any atom is 0.271 e. The Bertz CT molecular complexity index is 1620. The van der Waals surface area contributed by atoms with E-state index in [4.69, 9.17) is 0 Å². The van der Waals surface area contributed by atoms with Gasteiger partial charge in [0.1, 0.15) is 18.1 Å². The van der Waals surface area contributed by atoms with Crippen LogP contribution in [0.3, 0.4) is 0 Å². The van der Waals surface area contributed by atoms with Crippen molar-refractivity contribution in [2.45, 2.75) is 0 Å². The summed E-state index contributed by atoms with van der Waals surface area (Å²) in [5, 5.41) is 5.47. The molecule has 35 heavy (non-hydrogen) atoms. The van der Waals surface area contributed by atoms with Crippen LogP contribution in [-0.4, -0.2) is 33.4 Å². The van der Waals surface area contributed by atoms with Crippen LogP contribution in [0.15, 0.2) is 91.6 Å². The lowest BCUT2D eigenvalue weighted by atomic mass is 10.1. The molecule has 2 aromatic heterocycles. The van der Waals surface area contributed by atoms with Gasteiger partial charge in [0.2, 0.25) is 0 Å². The molecule has 0 bridgehead atoms. The Morgan fingerprint density at radius 3 is 2.74 bits per heavy atom. The maximum atomic E-state index is 12.9. The van der Waals surface area contributed by atoms with Crippen LogP contribution >= 0.6 is 0 Å². The minimum absolute atomic E-state index is 0.248. The first-order valence-corrected chi connectivity index (χ1v) is 10.9. The predicted octanol–water partition coefficient (Wildman–Crippen LogP) is 3.11. The molecule has 0 aliphatic carbocycles. The van der Waals surface area contributed by atoms with Crippen molar-refractivity contribution >= 4 is 28.5 Å². The number of amides is 2. The lowest BCUT2D eigenvalue weighted by Crippen LogP contribution is -2.25. The van der Waals surface area contributed by atoms with Crippen molar-refractivity contribution in [2.75, 3.05) is 12.4 Å². The first kappa shape index (κ1) is 21.7. The number of hydrogen-bond acceptors (Lipinski definition) is 3. The van der Waals surface area contributed by atoms with Crippen molar-refractivity contribution in [2.24, 2.45) is 0 Å². The van der Waals surface area contributed by atoms with Crippen LogP contribution < -0.4 is 15.2 Å². The molecule has 0 aliphatic heterocycles. The highest BCUT2D eigenvalue weighted by Gasteiger charge is 2.10. The highest BCUT2D eigenvalue weighted by molar-refractivity contribution is 6.04. The molecule has 8 nitrogen and oxygen atoms in total. The van der Waals surface area contributed by atoms with Gasteiger partial charge in [-0.15, -0.1) is 4.57 Å². The molecule has 0 saturated heterocycles. The highest BCUT2D eigenvalue weighted by atomic mass is 16.2. The minimum atomic E-state index is -0.265. The van der Waals surface area contributed by atoms with Crippen LogP contribution in [0.4, 0.5) is 5.69 Å². The zero-order valence-electron chi connectivity index (χ0n) is 18.8. The molecule has 5 aromatic rings. The number of H-pyrrole nitrogens is 1. The summed E-state index contributed by atoms with van der Waals surface area (Å²) in [4.78, 5) is 32.0. The summed E-state index contributed by atoms with van der Waals surface area (Å²) in [5.74, 6) is 2.60. The van der Waals surface area contributed by atoms with Crippen LogP contribution in [-0.2, 0) is 0 Å². The van der Waals surface area contributed by atoms with Gasteiger partial charge in [-0.3, -0.25) is 9.59 Å². The summed E-state index contributed by atoms with van der Waals surface area (Å²) in [6.07, 6.45) is 4.99. The third kappa shape index (κ3) is 4.65. The second kappa shape index (κ2) is 9.37. The first-order chi connectivity index (χ1) is 17.1. The molecule has 0 unspecified atom stereocenters. The van der Waals surface area contributed by atoms with E-state index in [1.807, 2.05) is 53.1 Å². The second-order valence-corrected chi connectivity index (χ2v) is 7.73. The number of carbonyl (C=O) groups is 2. The lowest BCUT2D eigenvalue weighted by molar-refractivity contribution is -0.554. The number of aromatic nitrogens is 4. The number of rotatable bonds is 4. The van der Waals surface area contributed by atoms with Crippen molar-refractivity contribution in [1.82, 2.24) is 19.9 Å². The quantitative estimate of drug-likeness (QED) is 0.284. The fourth-order valence-corrected chi connectivity index (χ4v) is 3.62. The summed E-state index contributed by atoms with van der Waals surface area (Å²) >= 11 is 0. The van der Waals surface area contributed by atoms with E-state index in [0.717, 1.165) is 22.3 Å². The second-order valence-electron chi connectivity index (χ2n) is 7.73. The number of fused-ring (bicyclic) bond motifs is 1. The summed E-state index contributed by atoms with van der Waals surface area (Å²) in [6.45, 7) is 0. The van der Waals surface area contributed by atoms with Crippen LogP contribution in [0, 0.1) is 12.0 Å². The average molecular weight is 462 g/mol. The Morgan fingerprint density at radius 1 is 1.00 bits per heavy atom. The number of imidazole rings is 2. The van der Waals surface area contributed by atoms with Gasteiger partial charge in [-0.25, -0.2) is 9.97 Å². The number of para-hydroxylation sites is 2. The van der Waals surface area contributed by atoms with Gasteiger partial charge < -0.3 is 15.2 Å². The highest BCUT2D eigenvalue weighted by Crippen LogP contribution is 2.17. The molecular weight excluding hydrogens is 440 g/mol. The number of carbonyl (C=O) groups excluding carboxylic acids is 2. The van der Waals surface area contributed by atoms with Crippen molar-refractivity contribution < 1.29 is 14.2 Å². The molecule has 2 amide bonds. The normalized spacial score (nSPS) is 10.4. The minimum Gasteiger partial charge on any atom is -0.354 e. The van der Waals surface area contributed by atoms with E-state index in [-0.39, 0.29) is 11.8 Å². The molecule has 0 radical (unpaired) electrons. The van der Waals surface area contributed by atoms with Crippen molar-refractivity contribution in [3.05, 3.63) is 108 Å². The molecule has 0 saturated carbocycles. The van der Waals surface area contributed by atoms with Gasteiger partial charge in [0.15, 0.2) is 11.0 Å². The van der Waals surface area contributed by atoms with Gasteiger partial charge in [-0.1, -0.05) is 24.3 Å². The molecule has 5 rings (SSSR count). The van der Waals surface area contributed by atoms with E-state index < -0.39 is 0 Å². The number of anilines is 1. The van der Waals surface area contributed by atoms with Gasteiger partial charge in [0, 0.05) is 35.7 Å².